The topological polar surface area (TPSA) is 75.2 Å². The van der Waals surface area contributed by atoms with Crippen LogP contribution in [0.25, 0.3) is 0 Å². The van der Waals surface area contributed by atoms with E-state index in [1.807, 2.05) is 43.0 Å². The van der Waals surface area contributed by atoms with Crippen molar-refractivity contribution in [2.45, 2.75) is 38.8 Å². The Morgan fingerprint density at radius 3 is 2.81 bits per heavy atom. The summed E-state index contributed by atoms with van der Waals surface area (Å²) in [6.07, 6.45) is 1.38. The van der Waals surface area contributed by atoms with Crippen LogP contribution in [0, 0.1) is 0 Å². The molecule has 0 aromatic heterocycles. The fraction of sp³-hybridized carbons (Fsp3) is 0.579. The molecular formula is C19H29IN4O3. The van der Waals surface area contributed by atoms with Crippen LogP contribution in [0.5, 0.6) is 11.5 Å². The predicted octanol–water partition coefficient (Wildman–Crippen LogP) is 2.01. The van der Waals surface area contributed by atoms with Crippen LogP contribution in [0.2, 0.25) is 0 Å². The van der Waals surface area contributed by atoms with Crippen LogP contribution in [0.3, 0.4) is 0 Å². The first-order valence-corrected chi connectivity index (χ1v) is 9.40. The molecule has 1 aromatic carbocycles. The Labute approximate surface area is 177 Å². The molecule has 2 aliphatic rings. The zero-order chi connectivity index (χ0) is 18.4. The van der Waals surface area contributed by atoms with E-state index < -0.39 is 0 Å². The van der Waals surface area contributed by atoms with Crippen LogP contribution in [-0.2, 0) is 4.79 Å². The molecule has 2 heterocycles. The van der Waals surface area contributed by atoms with Gasteiger partial charge in [-0.05, 0) is 25.5 Å². The van der Waals surface area contributed by atoms with E-state index in [9.17, 15) is 4.79 Å². The molecule has 0 bridgehead atoms. The normalized spacial score (nSPS) is 21.4. The molecule has 150 valence electrons. The number of fused-ring (bicyclic) bond motifs is 1. The third-order valence-corrected chi connectivity index (χ3v) is 4.55. The summed E-state index contributed by atoms with van der Waals surface area (Å²) in [5.41, 5.74) is 0. The summed E-state index contributed by atoms with van der Waals surface area (Å²) < 4.78 is 11.7. The minimum absolute atomic E-state index is 0. The van der Waals surface area contributed by atoms with Gasteiger partial charge >= 0.3 is 0 Å². The van der Waals surface area contributed by atoms with Crippen molar-refractivity contribution in [3.63, 3.8) is 0 Å². The molecule has 0 radical (unpaired) electrons. The van der Waals surface area contributed by atoms with E-state index in [0.29, 0.717) is 19.6 Å². The highest BCUT2D eigenvalue weighted by Gasteiger charge is 2.26. The van der Waals surface area contributed by atoms with Gasteiger partial charge < -0.3 is 25.0 Å². The third kappa shape index (κ3) is 5.88. The van der Waals surface area contributed by atoms with E-state index in [0.717, 1.165) is 43.5 Å². The van der Waals surface area contributed by atoms with Crippen molar-refractivity contribution < 1.29 is 14.3 Å². The number of guanidine groups is 1. The molecule has 2 N–H and O–H groups in total. The summed E-state index contributed by atoms with van der Waals surface area (Å²) in [6, 6.07) is 7.91. The largest absolute Gasteiger partial charge is 0.486 e. The van der Waals surface area contributed by atoms with Crippen molar-refractivity contribution in [3.8, 4) is 11.5 Å². The fourth-order valence-corrected chi connectivity index (χ4v) is 3.19. The number of nitrogens with one attached hydrogen (secondary N) is 2. The van der Waals surface area contributed by atoms with Gasteiger partial charge in [-0.15, -0.1) is 24.0 Å². The van der Waals surface area contributed by atoms with Gasteiger partial charge in [0.2, 0.25) is 5.91 Å². The third-order valence-electron chi connectivity index (χ3n) is 4.55. The molecule has 7 nitrogen and oxygen atoms in total. The Morgan fingerprint density at radius 1 is 1.30 bits per heavy atom. The van der Waals surface area contributed by atoms with E-state index in [2.05, 4.69) is 15.6 Å². The highest BCUT2D eigenvalue weighted by molar-refractivity contribution is 14.0. The zero-order valence-corrected chi connectivity index (χ0v) is 18.3. The van der Waals surface area contributed by atoms with Gasteiger partial charge in [-0.1, -0.05) is 19.1 Å². The van der Waals surface area contributed by atoms with Crippen molar-refractivity contribution in [1.29, 1.82) is 0 Å². The average Bonchev–Trinajstić information content (AvgIpc) is 3.14. The number of hydrogen-bond acceptors (Lipinski definition) is 4. The number of ether oxygens (including phenoxy) is 2. The molecule has 1 amide bonds. The van der Waals surface area contributed by atoms with Crippen molar-refractivity contribution in [3.05, 3.63) is 24.3 Å². The van der Waals surface area contributed by atoms with Gasteiger partial charge in [0, 0.05) is 32.1 Å². The SMILES string of the molecule is CCNC(=NCC1COc2ccccc2O1)NC1CCN(C(=O)CC)C1.I. The summed E-state index contributed by atoms with van der Waals surface area (Å²) in [5.74, 6) is 2.51. The summed E-state index contributed by atoms with van der Waals surface area (Å²) in [6.45, 7) is 7.25. The Balaban J connectivity index is 0.00000261. The van der Waals surface area contributed by atoms with E-state index in [-0.39, 0.29) is 42.0 Å². The smallest absolute Gasteiger partial charge is 0.222 e. The van der Waals surface area contributed by atoms with Crippen LogP contribution >= 0.6 is 24.0 Å². The number of nitrogens with zero attached hydrogens (tertiary/aromatic N) is 2. The number of benzene rings is 1. The number of aliphatic imine (C=N–C) groups is 1. The first-order chi connectivity index (χ1) is 12.7. The van der Waals surface area contributed by atoms with Crippen LogP contribution in [0.1, 0.15) is 26.7 Å². The minimum atomic E-state index is -0.109. The van der Waals surface area contributed by atoms with Gasteiger partial charge in [-0.3, -0.25) is 4.79 Å². The Morgan fingerprint density at radius 2 is 2.07 bits per heavy atom. The molecule has 27 heavy (non-hydrogen) atoms. The van der Waals surface area contributed by atoms with E-state index in [1.165, 1.54) is 0 Å². The van der Waals surface area contributed by atoms with E-state index >= 15 is 0 Å². The molecule has 0 aliphatic carbocycles. The molecule has 1 fully saturated rings. The average molecular weight is 488 g/mol. The van der Waals surface area contributed by atoms with Gasteiger partial charge in [-0.25, -0.2) is 4.99 Å². The molecule has 2 unspecified atom stereocenters. The Bertz CT molecular complexity index is 656. The zero-order valence-electron chi connectivity index (χ0n) is 15.9. The Kier molecular flexibility index (Phi) is 8.46. The maximum atomic E-state index is 11.8. The van der Waals surface area contributed by atoms with Crippen molar-refractivity contribution >= 4 is 35.8 Å². The Hall–Kier alpha value is -1.71. The van der Waals surface area contributed by atoms with Crippen LogP contribution in [0.15, 0.2) is 29.3 Å². The minimum Gasteiger partial charge on any atom is -0.486 e. The number of carbonyl (C=O) groups is 1. The molecule has 2 atom stereocenters. The van der Waals surface area contributed by atoms with Crippen LogP contribution < -0.4 is 20.1 Å². The maximum absolute atomic E-state index is 11.8. The lowest BCUT2D eigenvalue weighted by Gasteiger charge is -2.26. The first kappa shape index (κ1) is 21.6. The molecule has 8 heteroatoms. The van der Waals surface area contributed by atoms with Crippen molar-refractivity contribution in [2.75, 3.05) is 32.8 Å². The van der Waals surface area contributed by atoms with E-state index in [4.69, 9.17) is 9.47 Å². The second-order valence-corrected chi connectivity index (χ2v) is 6.54. The quantitative estimate of drug-likeness (QED) is 0.377. The van der Waals surface area contributed by atoms with Gasteiger partial charge in [0.25, 0.3) is 0 Å². The molecule has 1 saturated heterocycles. The number of amides is 1. The molecule has 0 saturated carbocycles. The number of halogens is 1. The van der Waals surface area contributed by atoms with Crippen LogP contribution in [-0.4, -0.2) is 61.7 Å². The second kappa shape index (κ2) is 10.6. The molecule has 3 rings (SSSR count). The fourth-order valence-electron chi connectivity index (χ4n) is 3.19. The predicted molar refractivity (Wildman–Crippen MR) is 116 cm³/mol. The highest BCUT2D eigenvalue weighted by Crippen LogP contribution is 2.30. The van der Waals surface area contributed by atoms with Crippen molar-refractivity contribution in [2.24, 2.45) is 4.99 Å². The van der Waals surface area contributed by atoms with E-state index in [1.54, 1.807) is 0 Å². The molecule has 0 spiro atoms. The number of para-hydroxylation sites is 2. The monoisotopic (exact) mass is 488 g/mol. The number of likely N-dealkylation sites (tertiary alicyclic amines) is 1. The number of carbonyl (C=O) groups excluding carboxylic acids is 1. The lowest BCUT2D eigenvalue weighted by atomic mass is 10.2. The van der Waals surface area contributed by atoms with Crippen LogP contribution in [0.4, 0.5) is 0 Å². The molecule has 2 aliphatic heterocycles. The first-order valence-electron chi connectivity index (χ1n) is 9.40. The lowest BCUT2D eigenvalue weighted by Crippen LogP contribution is -2.45. The lowest BCUT2D eigenvalue weighted by molar-refractivity contribution is -0.129. The maximum Gasteiger partial charge on any atom is 0.222 e. The van der Waals surface area contributed by atoms with Gasteiger partial charge in [0.05, 0.1) is 6.54 Å². The van der Waals surface area contributed by atoms with Gasteiger partial charge in [0.15, 0.2) is 23.6 Å². The van der Waals surface area contributed by atoms with Gasteiger partial charge in [-0.2, -0.15) is 0 Å². The number of rotatable bonds is 5. The standard InChI is InChI=1S/C19H28N4O3.HI/c1-3-18(24)23-10-9-14(12-23)22-19(20-4-2)21-11-15-13-25-16-7-5-6-8-17(16)26-15;/h5-8,14-15H,3-4,9-13H2,1-2H3,(H2,20,21,22);1H. The highest BCUT2D eigenvalue weighted by atomic mass is 127. The summed E-state index contributed by atoms with van der Waals surface area (Å²) in [4.78, 5) is 18.4. The van der Waals surface area contributed by atoms with Crippen molar-refractivity contribution in [1.82, 2.24) is 15.5 Å². The summed E-state index contributed by atoms with van der Waals surface area (Å²) >= 11 is 0. The summed E-state index contributed by atoms with van der Waals surface area (Å²) in [5, 5.41) is 6.70. The summed E-state index contributed by atoms with van der Waals surface area (Å²) in [7, 11) is 0. The second-order valence-electron chi connectivity index (χ2n) is 6.54. The number of hydrogen-bond donors (Lipinski definition) is 2. The molecular weight excluding hydrogens is 459 g/mol. The van der Waals surface area contributed by atoms with Gasteiger partial charge in [0.1, 0.15) is 6.61 Å². The molecule has 1 aromatic rings.